The second-order valence-electron chi connectivity index (χ2n) is 27.7. The Morgan fingerprint density at radius 1 is 0.521 bits per heavy atom. The zero-order valence-corrected chi connectivity index (χ0v) is 66.9. The molecule has 13 aromatic carbocycles. The average Bonchev–Trinajstić information content (AvgIpc) is 1.38. The number of benzene rings is 13. The van der Waals surface area contributed by atoms with Crippen LogP contribution in [0.1, 0.15) is 52.5 Å². The van der Waals surface area contributed by atoms with Gasteiger partial charge >= 0.3 is 0 Å². The summed E-state index contributed by atoms with van der Waals surface area (Å²) in [6.45, 7) is 9.74. The third kappa shape index (κ3) is 21.4. The lowest BCUT2D eigenvalue weighted by atomic mass is 9.90. The number of ketones is 1. The Morgan fingerprint density at radius 2 is 1.03 bits per heavy atom. The number of phenolic OH excluding ortho intramolecular Hbond substituents is 4. The first-order chi connectivity index (χ1) is 55.0. The Morgan fingerprint density at radius 3 is 1.57 bits per heavy atom. The second-order valence-corrected chi connectivity index (χ2v) is 28.5. The monoisotopic (exact) mass is 1650 g/mol. The number of allylic oxidation sites excluding steroid dienone is 1. The Bertz CT molecular complexity index is 6060. The van der Waals surface area contributed by atoms with Crippen LogP contribution in [0.15, 0.2) is 304 Å². The number of fused-ring (bicyclic) bond motifs is 4. The number of nitrogens with zero attached hydrogens (tertiary/aromatic N) is 13. The van der Waals surface area contributed by atoms with Gasteiger partial charge in [0.15, 0.2) is 18.0 Å². The maximum Gasteiger partial charge on any atom is 0.298 e. The van der Waals surface area contributed by atoms with Crippen LogP contribution in [-0.2, 0) is 0 Å². The van der Waals surface area contributed by atoms with Gasteiger partial charge in [0.05, 0.1) is 77.2 Å². The predicted molar refractivity (Wildman–Crippen MR) is 469 cm³/mol. The van der Waals surface area contributed by atoms with Crippen molar-refractivity contribution >= 4 is 151 Å². The molecule has 2 atom stereocenters. The number of aliphatic imine (C=N–C) groups is 1. The van der Waals surface area contributed by atoms with Crippen molar-refractivity contribution in [1.29, 1.82) is 0 Å². The minimum absolute atomic E-state index is 0. The molecule has 0 amide bonds. The summed E-state index contributed by atoms with van der Waals surface area (Å²) < 4.78 is 6.35. The first kappa shape index (κ1) is 86.9. The fourth-order valence-corrected chi connectivity index (χ4v) is 12.5. The molecule has 2 unspecified atom stereocenters. The lowest BCUT2D eigenvalue weighted by Gasteiger charge is -2.23. The van der Waals surface area contributed by atoms with Gasteiger partial charge in [0.2, 0.25) is 5.78 Å². The van der Waals surface area contributed by atoms with E-state index in [0.717, 1.165) is 77.3 Å². The minimum Gasteiger partial charge on any atom is -1.00 e. The number of phenols is 4. The van der Waals surface area contributed by atoms with Gasteiger partial charge in [-0.25, -0.2) is 10.0 Å². The lowest BCUT2D eigenvalue weighted by molar-refractivity contribution is -0.384. The maximum atomic E-state index is 12.7. The van der Waals surface area contributed by atoms with E-state index in [4.69, 9.17) is 27.7 Å². The number of carbonyl (C=O) groups excluding carboxylic acids is 1. The number of aliphatic hydroxyl groups excluding tert-OH is 1. The van der Waals surface area contributed by atoms with Crippen molar-refractivity contribution in [2.75, 3.05) is 50.5 Å². The molecule has 1 heterocycles. The summed E-state index contributed by atoms with van der Waals surface area (Å²) in [5, 5.41) is 107. The molecule has 13 aromatic rings. The van der Waals surface area contributed by atoms with Crippen LogP contribution >= 0.6 is 15.9 Å². The van der Waals surface area contributed by atoms with Crippen molar-refractivity contribution < 1.29 is 52.4 Å². The number of nitrogens with two attached hydrogens (primary N) is 4. The van der Waals surface area contributed by atoms with E-state index < -0.39 is 17.2 Å². The zero-order chi connectivity index (χ0) is 82.4. The van der Waals surface area contributed by atoms with E-state index in [0.29, 0.717) is 48.8 Å². The summed E-state index contributed by atoms with van der Waals surface area (Å²) in [5.74, 6) is 0.350. The molecule has 1 aliphatic carbocycles. The van der Waals surface area contributed by atoms with Gasteiger partial charge in [0, 0.05) is 51.1 Å². The number of para-hydroxylation sites is 2. The summed E-state index contributed by atoms with van der Waals surface area (Å²) >= 11 is 3.20. The highest BCUT2D eigenvalue weighted by Gasteiger charge is 2.35. The van der Waals surface area contributed by atoms with Crippen LogP contribution < -0.4 is 49.6 Å². The molecular formula is C89H87BrClN17O9. The third-order valence-electron chi connectivity index (χ3n) is 18.1. The number of hydrogen-bond donors (Lipinski definition) is 9. The Labute approximate surface area is 690 Å². The number of aryl methyl sites for hydroxylation is 4. The van der Waals surface area contributed by atoms with Crippen LogP contribution in [0.2, 0.25) is 0 Å². The minimum atomic E-state index is -0.854. The molecular weight excluding hydrogens is 1570 g/mol. The van der Waals surface area contributed by atoms with E-state index in [1.807, 2.05) is 192 Å². The van der Waals surface area contributed by atoms with Gasteiger partial charge in [-0.15, -0.1) is 25.6 Å². The van der Waals surface area contributed by atoms with Gasteiger partial charge in [0.25, 0.3) is 5.69 Å². The van der Waals surface area contributed by atoms with Crippen molar-refractivity contribution in [2.45, 2.75) is 54.3 Å². The largest absolute Gasteiger partial charge is 1.00 e. The molecule has 0 saturated heterocycles. The molecule has 0 aromatic heterocycles. The summed E-state index contributed by atoms with van der Waals surface area (Å²) in [5.41, 5.74) is 35.9. The highest BCUT2D eigenvalue weighted by molar-refractivity contribution is 9.10. The smallest absolute Gasteiger partial charge is 0.298 e. The van der Waals surface area contributed by atoms with Gasteiger partial charge in [0.1, 0.15) is 62.9 Å². The van der Waals surface area contributed by atoms with E-state index in [-0.39, 0.29) is 99.6 Å². The molecule has 1 aliphatic heterocycles. The number of nitro groups is 1. The summed E-state index contributed by atoms with van der Waals surface area (Å²) in [6, 6.07) is 72.7. The topological polar surface area (TPSA) is 402 Å². The fraction of sp³-hybridized carbons (Fsp3) is 0.135. The van der Waals surface area contributed by atoms with Crippen LogP contribution in [0.3, 0.4) is 0 Å². The number of hydrogen-bond acceptors (Lipinski definition) is 24. The summed E-state index contributed by atoms with van der Waals surface area (Å²) in [4.78, 5) is 27.6. The van der Waals surface area contributed by atoms with Crippen LogP contribution in [0.4, 0.5) is 79.6 Å². The van der Waals surface area contributed by atoms with Gasteiger partial charge in [-0.3, -0.25) is 19.4 Å². The molecule has 0 radical (unpaired) electrons. The maximum absolute atomic E-state index is 12.7. The molecule has 0 fully saturated rings. The van der Waals surface area contributed by atoms with Gasteiger partial charge in [-0.2, -0.15) is 20.4 Å². The number of rotatable bonds is 13. The lowest BCUT2D eigenvalue weighted by Crippen LogP contribution is -3.00. The molecule has 28 heteroatoms. The predicted octanol–water partition coefficient (Wildman–Crippen LogP) is 19.4. The first-order valence-corrected chi connectivity index (χ1v) is 36.6. The molecule has 117 heavy (non-hydrogen) atoms. The van der Waals surface area contributed by atoms with E-state index in [9.17, 15) is 40.4 Å². The molecule has 26 nitrogen and oxygen atoms in total. The van der Waals surface area contributed by atoms with E-state index in [1.54, 1.807) is 60.6 Å². The second kappa shape index (κ2) is 38.6. The van der Waals surface area contributed by atoms with Crippen LogP contribution in [0.25, 0.3) is 38.0 Å². The van der Waals surface area contributed by atoms with Crippen LogP contribution in [-0.4, -0.2) is 88.2 Å². The number of hydrazone groups is 1. The normalized spacial score (nSPS) is 14.0. The van der Waals surface area contributed by atoms with E-state index in [1.165, 1.54) is 36.4 Å². The number of azo groups is 4. The Balaban J connectivity index is 0.000000166. The number of nitro benzene ring substituents is 1. The number of quaternary nitrogens is 1. The Hall–Kier alpha value is -14.1. The number of aromatic hydroxyl groups is 4. The van der Waals surface area contributed by atoms with E-state index in [2.05, 4.69) is 94.1 Å². The number of Topliss-reactive ketones (excluding diaryl/α,β-unsaturated/α-hetero) is 1. The third-order valence-corrected chi connectivity index (χ3v) is 18.7. The van der Waals surface area contributed by atoms with Crippen LogP contribution in [0, 0.1) is 37.8 Å². The highest BCUT2D eigenvalue weighted by atomic mass is 79.9. The molecule has 596 valence electrons. The van der Waals surface area contributed by atoms with Crippen molar-refractivity contribution in [1.82, 2.24) is 4.48 Å². The van der Waals surface area contributed by atoms with Gasteiger partial charge < -0.3 is 65.6 Å². The highest BCUT2D eigenvalue weighted by Crippen LogP contribution is 2.44. The number of anilines is 4. The van der Waals surface area contributed by atoms with Crippen molar-refractivity contribution in [2.24, 2.45) is 56.7 Å². The van der Waals surface area contributed by atoms with Gasteiger partial charge in [-0.1, -0.05) is 127 Å². The number of nitrogen functional groups attached to an aromatic ring is 3. The summed E-state index contributed by atoms with van der Waals surface area (Å²) in [6.07, 6.45) is 0.603. The number of ether oxygens (including phenoxy) is 1. The molecule has 0 saturated carbocycles. The number of halogens is 2. The van der Waals surface area contributed by atoms with Gasteiger partial charge in [-0.05, 0) is 206 Å². The number of aliphatic hydroxyl groups is 1. The average molecular weight is 1650 g/mol. The quantitative estimate of drug-likeness (QED) is 0.0129. The fourth-order valence-electron chi connectivity index (χ4n) is 12.1. The SMILES string of the molecule is C.CC1=NN(c2ccccc2)C(O)C1N=Nc1cccc([N+](C)(C)C)c1.COc1ccccc1N=Nc1c(O)ccc2ccc(C)cc12.Cc1ccc2ccc(O)c(N=Nc3ccc(N)cc3)c2c1.Cc1ccc2ccc(O)c(N=Nc3ccc(N)cc3[N+](=O)[O-])c2c1.Cc1cccc(N=C2C=C(N)c3c(O)c(Br)cc(N)c3C2=O)c1.[Cl-]. The molecule has 2 aliphatic rings. The van der Waals surface area contributed by atoms with E-state index >= 15 is 0 Å². The zero-order valence-electron chi connectivity index (χ0n) is 64.6. The standard InChI is InChI=1S/C19H24N5O.C18H16N2O2.C17H14BrN3O2.C17H14N4O3.C17H15N3O.CH4.ClH/c1-14-18(19(25)23(22-14)16-10-6-5-7-11-16)21-20-15-9-8-12-17(13-15)24(2,3)4;1-12-7-8-13-9-10-16(21)18(14(13)11-12)20-19-15-5-3-4-6-17(15)22-2;1-8-3-2-4-9(5-8)21-13-7-12(20)14-15(17(13)23)11(19)6-10(18)16(14)22;1-10-2-3-11-4-7-16(22)17(13(11)8-10)20-19-14-6-5-12(18)9-15(14)21(23)24;1-11-2-3-12-4-9-16(21)17(15(12)10-11)20-19-14-7-5-13(18)6-8-14;;/h5-13,18-19,25H,1-4H3;3-11,21H,1-2H3;2-7,22H,19-20H2,1H3;2-9,22H,18H2,1H3;2-10,21H,18H2,1H3;1H4;1H/q+1;;;;;;/p-1. The number of methoxy groups -OCH3 is 1. The molecule has 13 N–H and O–H groups in total. The molecule has 15 rings (SSSR count). The molecule has 0 spiro atoms. The first-order valence-electron chi connectivity index (χ1n) is 35.9. The molecule has 0 bridgehead atoms. The number of carbonyl (C=O) groups is 1. The van der Waals surface area contributed by atoms with Crippen molar-refractivity contribution in [3.8, 4) is 28.7 Å². The summed E-state index contributed by atoms with van der Waals surface area (Å²) in [7, 11) is 7.90. The van der Waals surface area contributed by atoms with Crippen molar-refractivity contribution in [3.05, 3.63) is 297 Å². The van der Waals surface area contributed by atoms with Crippen molar-refractivity contribution in [3.63, 3.8) is 0 Å². The Kier molecular flexibility index (Phi) is 28.7. The van der Waals surface area contributed by atoms with Crippen LogP contribution in [0.5, 0.6) is 28.7 Å².